The van der Waals surface area contributed by atoms with Crippen molar-refractivity contribution in [3.05, 3.63) is 64.0 Å². The molecule has 146 valence electrons. The lowest BCUT2D eigenvalue weighted by Gasteiger charge is -2.12. The van der Waals surface area contributed by atoms with Crippen LogP contribution in [0.3, 0.4) is 0 Å². The number of aromatic nitrogens is 3. The minimum absolute atomic E-state index is 0.0373. The predicted molar refractivity (Wildman–Crippen MR) is 103 cm³/mol. The van der Waals surface area contributed by atoms with Crippen LogP contribution in [0.1, 0.15) is 16.1 Å². The first-order valence-corrected chi connectivity index (χ1v) is 8.79. The molecule has 0 amide bonds. The first-order valence-electron chi connectivity index (χ1n) is 8.04. The number of carbonyl (C=O) groups excluding carboxylic acids is 1. The first kappa shape index (κ1) is 19.9. The molecule has 10 heteroatoms. The Morgan fingerprint density at radius 2 is 2.11 bits per heavy atom. The van der Waals surface area contributed by atoms with E-state index >= 15 is 0 Å². The number of nitrogens with zero attached hydrogens (tertiary/aromatic N) is 3. The second-order valence-electron chi connectivity index (χ2n) is 5.65. The van der Waals surface area contributed by atoms with Crippen molar-refractivity contribution in [2.75, 3.05) is 19.5 Å². The summed E-state index contributed by atoms with van der Waals surface area (Å²) in [7, 11) is 1.27. The summed E-state index contributed by atoms with van der Waals surface area (Å²) in [4.78, 5) is 19.6. The minimum atomic E-state index is -0.553. The van der Waals surface area contributed by atoms with Crippen LogP contribution in [0.5, 0.6) is 5.75 Å². The van der Waals surface area contributed by atoms with E-state index in [0.717, 1.165) is 0 Å². The fraction of sp³-hybridized carbons (Fsp3) is 0.167. The van der Waals surface area contributed by atoms with Crippen LogP contribution in [0.4, 0.5) is 10.2 Å². The Bertz CT molecular complexity index is 1030. The summed E-state index contributed by atoms with van der Waals surface area (Å²) in [6.07, 6.45) is 4.71. The summed E-state index contributed by atoms with van der Waals surface area (Å²) < 4.78 is 25.5. The van der Waals surface area contributed by atoms with Gasteiger partial charge in [0.1, 0.15) is 12.1 Å². The van der Waals surface area contributed by atoms with Gasteiger partial charge in [-0.25, -0.2) is 19.2 Å². The largest absolute Gasteiger partial charge is 0.489 e. The number of imidazole rings is 1. The number of nitrogens with two attached hydrogens (primary N) is 1. The lowest BCUT2D eigenvalue weighted by molar-refractivity contribution is 0.0594. The number of halogens is 3. The standard InChI is InChI=1S/C18H15Cl2FN4O3/c1-27-18(26)14-8-25(9-24-14)10-6-15(17(22)23-7-10)28-5-4-11-12(19)2-3-13(21)16(11)20/h2-3,6-9H,4-5H2,1H3,(H2,22,23). The molecule has 0 saturated heterocycles. The van der Waals surface area contributed by atoms with Gasteiger partial charge in [-0.2, -0.15) is 0 Å². The van der Waals surface area contributed by atoms with Crippen molar-refractivity contribution in [1.29, 1.82) is 0 Å². The van der Waals surface area contributed by atoms with E-state index in [4.69, 9.17) is 33.7 Å². The van der Waals surface area contributed by atoms with Gasteiger partial charge < -0.3 is 19.8 Å². The molecule has 3 aromatic rings. The lowest BCUT2D eigenvalue weighted by atomic mass is 10.1. The monoisotopic (exact) mass is 424 g/mol. The van der Waals surface area contributed by atoms with Gasteiger partial charge in [0, 0.05) is 23.7 Å². The van der Waals surface area contributed by atoms with Gasteiger partial charge in [-0.15, -0.1) is 0 Å². The molecule has 1 aromatic carbocycles. The van der Waals surface area contributed by atoms with Gasteiger partial charge in [-0.3, -0.25) is 0 Å². The van der Waals surface area contributed by atoms with E-state index in [9.17, 15) is 9.18 Å². The van der Waals surface area contributed by atoms with E-state index in [0.29, 0.717) is 22.0 Å². The number of benzene rings is 1. The van der Waals surface area contributed by atoms with Gasteiger partial charge in [0.05, 0.1) is 30.6 Å². The average Bonchev–Trinajstić information content (AvgIpc) is 3.18. The van der Waals surface area contributed by atoms with E-state index in [1.165, 1.54) is 38.0 Å². The fourth-order valence-electron chi connectivity index (χ4n) is 2.44. The Labute approximate surface area is 169 Å². The van der Waals surface area contributed by atoms with Crippen molar-refractivity contribution in [3.8, 4) is 11.4 Å². The zero-order chi connectivity index (χ0) is 20.3. The zero-order valence-electron chi connectivity index (χ0n) is 14.7. The molecule has 0 aliphatic heterocycles. The molecule has 0 fully saturated rings. The number of nitrogen functional groups attached to an aromatic ring is 1. The Hall–Kier alpha value is -2.84. The molecule has 3 rings (SSSR count). The Morgan fingerprint density at radius 1 is 1.32 bits per heavy atom. The minimum Gasteiger partial charge on any atom is -0.489 e. The maximum atomic E-state index is 13.6. The summed E-state index contributed by atoms with van der Waals surface area (Å²) in [6.45, 7) is 0.148. The van der Waals surface area contributed by atoms with Crippen molar-refractivity contribution in [1.82, 2.24) is 14.5 Å². The summed E-state index contributed by atoms with van der Waals surface area (Å²) in [5, 5.41) is 0.313. The number of hydrogen-bond donors (Lipinski definition) is 1. The molecule has 0 aliphatic rings. The third kappa shape index (κ3) is 4.18. The molecule has 0 atom stereocenters. The molecular weight excluding hydrogens is 410 g/mol. The molecule has 0 spiro atoms. The maximum absolute atomic E-state index is 13.6. The number of methoxy groups -OCH3 is 1. The van der Waals surface area contributed by atoms with Gasteiger partial charge in [-0.1, -0.05) is 23.2 Å². The molecule has 7 nitrogen and oxygen atoms in total. The predicted octanol–water partition coefficient (Wildman–Crippen LogP) is 3.70. The number of hydrogen-bond acceptors (Lipinski definition) is 6. The van der Waals surface area contributed by atoms with Crippen molar-refractivity contribution in [2.24, 2.45) is 0 Å². The summed E-state index contributed by atoms with van der Waals surface area (Å²) >= 11 is 12.0. The zero-order valence-corrected chi connectivity index (χ0v) is 16.2. The maximum Gasteiger partial charge on any atom is 0.358 e. The highest BCUT2D eigenvalue weighted by atomic mass is 35.5. The number of pyridine rings is 1. The number of carbonyl (C=O) groups is 1. The third-order valence-corrected chi connectivity index (χ3v) is 4.65. The Kier molecular flexibility index (Phi) is 6.01. The van der Waals surface area contributed by atoms with Crippen molar-refractivity contribution in [3.63, 3.8) is 0 Å². The van der Waals surface area contributed by atoms with Crippen LogP contribution in [-0.2, 0) is 11.2 Å². The molecule has 0 saturated carbocycles. The number of anilines is 1. The Morgan fingerprint density at radius 3 is 2.86 bits per heavy atom. The van der Waals surface area contributed by atoms with Crippen LogP contribution >= 0.6 is 23.2 Å². The number of ether oxygens (including phenoxy) is 2. The molecule has 28 heavy (non-hydrogen) atoms. The van der Waals surface area contributed by atoms with Gasteiger partial charge in [0.2, 0.25) is 0 Å². The van der Waals surface area contributed by atoms with Gasteiger partial charge in [0.25, 0.3) is 0 Å². The topological polar surface area (TPSA) is 92.3 Å². The molecule has 0 unspecified atom stereocenters. The second-order valence-corrected chi connectivity index (χ2v) is 6.44. The highest BCUT2D eigenvalue weighted by Crippen LogP contribution is 2.28. The van der Waals surface area contributed by atoms with Gasteiger partial charge in [-0.05, 0) is 17.7 Å². The summed E-state index contributed by atoms with van der Waals surface area (Å²) in [5.74, 6) is -0.615. The molecular formula is C18H15Cl2FN4O3. The highest BCUT2D eigenvalue weighted by Gasteiger charge is 2.13. The van der Waals surface area contributed by atoms with Crippen molar-refractivity contribution < 1.29 is 18.7 Å². The van der Waals surface area contributed by atoms with Gasteiger partial charge in [0.15, 0.2) is 17.3 Å². The summed E-state index contributed by atoms with van der Waals surface area (Å²) in [6, 6.07) is 4.28. The normalized spacial score (nSPS) is 10.7. The van der Waals surface area contributed by atoms with Crippen LogP contribution in [0.15, 0.2) is 36.9 Å². The molecule has 2 aromatic heterocycles. The van der Waals surface area contributed by atoms with Crippen molar-refractivity contribution >= 4 is 35.0 Å². The molecule has 2 N–H and O–H groups in total. The van der Waals surface area contributed by atoms with E-state index < -0.39 is 11.8 Å². The van der Waals surface area contributed by atoms with Crippen LogP contribution < -0.4 is 10.5 Å². The van der Waals surface area contributed by atoms with Crippen LogP contribution in [0, 0.1) is 5.82 Å². The molecule has 2 heterocycles. The number of rotatable bonds is 6. The van der Waals surface area contributed by atoms with E-state index in [2.05, 4.69) is 14.7 Å². The molecule has 0 radical (unpaired) electrons. The van der Waals surface area contributed by atoms with E-state index in [1.54, 1.807) is 10.6 Å². The van der Waals surface area contributed by atoms with E-state index in [-0.39, 0.29) is 29.6 Å². The average molecular weight is 425 g/mol. The molecule has 0 bridgehead atoms. The van der Waals surface area contributed by atoms with Crippen LogP contribution in [0.25, 0.3) is 5.69 Å². The SMILES string of the molecule is COC(=O)c1cn(-c2cnc(N)c(OCCc3c(Cl)ccc(F)c3Cl)c2)cn1. The Balaban J connectivity index is 1.75. The number of esters is 1. The molecule has 0 aliphatic carbocycles. The second kappa shape index (κ2) is 8.45. The van der Waals surface area contributed by atoms with Crippen LogP contribution in [-0.4, -0.2) is 34.2 Å². The lowest BCUT2D eigenvalue weighted by Crippen LogP contribution is -2.07. The fourth-order valence-corrected chi connectivity index (χ4v) is 3.00. The highest BCUT2D eigenvalue weighted by molar-refractivity contribution is 6.36. The smallest absolute Gasteiger partial charge is 0.358 e. The van der Waals surface area contributed by atoms with E-state index in [1.807, 2.05) is 0 Å². The third-order valence-electron chi connectivity index (χ3n) is 3.89. The van der Waals surface area contributed by atoms with Crippen molar-refractivity contribution in [2.45, 2.75) is 6.42 Å². The first-order chi connectivity index (χ1) is 13.4. The van der Waals surface area contributed by atoms with Crippen LogP contribution in [0.2, 0.25) is 10.0 Å². The quantitative estimate of drug-likeness (QED) is 0.478. The summed E-state index contributed by atoms with van der Waals surface area (Å²) in [5.41, 5.74) is 7.03. The van der Waals surface area contributed by atoms with Gasteiger partial charge >= 0.3 is 5.97 Å².